The third kappa shape index (κ3) is 3.84. The minimum Gasteiger partial charge on any atom is -0.324 e. The van der Waals surface area contributed by atoms with Crippen LogP contribution in [0.5, 0.6) is 0 Å². The van der Waals surface area contributed by atoms with Crippen molar-refractivity contribution >= 4 is 22.7 Å². The van der Waals surface area contributed by atoms with Crippen molar-refractivity contribution in [1.82, 2.24) is 29.6 Å². The molecule has 0 amide bonds. The fraction of sp³-hybridized carbons (Fsp3) is 0.370. The number of nitrogens with zero attached hydrogens (tertiary/aromatic N) is 6. The summed E-state index contributed by atoms with van der Waals surface area (Å²) in [5.41, 5.74) is 5.48. The van der Waals surface area contributed by atoms with Gasteiger partial charge in [0.1, 0.15) is 11.5 Å². The second-order valence-electron chi connectivity index (χ2n) is 10.6. The summed E-state index contributed by atoms with van der Waals surface area (Å²) in [6.45, 7) is 8.07. The number of benzene rings is 1. The maximum absolute atomic E-state index is 13.5. The highest BCUT2D eigenvalue weighted by atomic mass is 16.1. The van der Waals surface area contributed by atoms with E-state index < -0.39 is 0 Å². The third-order valence-corrected chi connectivity index (χ3v) is 6.86. The van der Waals surface area contributed by atoms with E-state index in [1.54, 1.807) is 21.8 Å². The van der Waals surface area contributed by atoms with E-state index in [1.165, 1.54) is 11.1 Å². The van der Waals surface area contributed by atoms with Crippen LogP contribution in [-0.2, 0) is 18.4 Å². The molecule has 9 nitrogen and oxygen atoms in total. The number of pyridine rings is 1. The molecule has 36 heavy (non-hydrogen) atoms. The number of hydrogen-bond acceptors (Lipinski definition) is 7. The van der Waals surface area contributed by atoms with Crippen molar-refractivity contribution < 1.29 is 0 Å². The molecule has 1 saturated carbocycles. The summed E-state index contributed by atoms with van der Waals surface area (Å²) in [5, 5.41) is 17.0. The molecule has 1 aliphatic carbocycles. The smallest absolute Gasteiger partial charge is 0.278 e. The lowest BCUT2D eigenvalue weighted by Gasteiger charge is -2.20. The van der Waals surface area contributed by atoms with Crippen molar-refractivity contribution in [2.75, 3.05) is 11.9 Å². The van der Waals surface area contributed by atoms with Crippen molar-refractivity contribution in [1.29, 1.82) is 5.26 Å². The highest BCUT2D eigenvalue weighted by Crippen LogP contribution is 2.36. The van der Waals surface area contributed by atoms with Crippen molar-refractivity contribution in [3.63, 3.8) is 0 Å². The minimum atomic E-state index is -0.222. The van der Waals surface area contributed by atoms with Crippen LogP contribution in [0.4, 0.5) is 11.6 Å². The number of aromatic nitrogens is 5. The van der Waals surface area contributed by atoms with E-state index in [0.29, 0.717) is 28.2 Å². The van der Waals surface area contributed by atoms with Crippen LogP contribution in [-0.4, -0.2) is 30.9 Å². The zero-order valence-corrected chi connectivity index (χ0v) is 20.7. The van der Waals surface area contributed by atoms with Gasteiger partial charge in [0, 0.05) is 35.7 Å². The number of nitrogens with one attached hydrogen (secondary N) is 2. The maximum atomic E-state index is 13.5. The first kappa shape index (κ1) is 22.4. The van der Waals surface area contributed by atoms with Gasteiger partial charge in [0.15, 0.2) is 5.65 Å². The Morgan fingerprint density at radius 2 is 1.97 bits per heavy atom. The topological polar surface area (TPSA) is 113 Å². The van der Waals surface area contributed by atoms with Gasteiger partial charge in [-0.1, -0.05) is 26.8 Å². The Kier molecular flexibility index (Phi) is 5.16. The third-order valence-electron chi connectivity index (χ3n) is 6.86. The van der Waals surface area contributed by atoms with Crippen LogP contribution in [0.2, 0.25) is 0 Å². The van der Waals surface area contributed by atoms with Gasteiger partial charge in [0.05, 0.1) is 17.3 Å². The Balaban J connectivity index is 1.51. The average molecular weight is 481 g/mol. The Morgan fingerprint density at radius 1 is 1.14 bits per heavy atom. The zero-order valence-electron chi connectivity index (χ0n) is 20.7. The first-order valence-electron chi connectivity index (χ1n) is 12.3. The molecule has 9 heteroatoms. The molecule has 1 aliphatic heterocycles. The Morgan fingerprint density at radius 3 is 2.72 bits per heavy atom. The molecule has 0 spiro atoms. The number of nitriles is 1. The van der Waals surface area contributed by atoms with E-state index in [0.717, 1.165) is 43.7 Å². The molecule has 2 N–H and O–H groups in total. The summed E-state index contributed by atoms with van der Waals surface area (Å²) in [4.78, 5) is 27.2. The summed E-state index contributed by atoms with van der Waals surface area (Å²) in [6, 6.07) is 10.5. The van der Waals surface area contributed by atoms with Crippen LogP contribution in [0.3, 0.4) is 0 Å². The molecule has 1 fully saturated rings. The molecule has 2 aliphatic rings. The minimum absolute atomic E-state index is 0.0789. The van der Waals surface area contributed by atoms with Gasteiger partial charge in [-0.15, -0.1) is 0 Å². The number of hydrogen-bond donors (Lipinski definition) is 2. The molecule has 0 saturated heterocycles. The lowest BCUT2D eigenvalue weighted by molar-refractivity contribution is 0.549. The standard InChI is InChI=1S/C27H28N8O/c1-27(2,3)23-11-22(18(12-28)14-30-23)35-24-21(25(36)34(35)20-6-7-20)15-31-26(33-24)32-19-5-4-17-13-29-9-8-16(17)10-19/h4-5,10-11,14-15,20,29H,6-9,13H2,1-3H3,(H,31,32,33). The first-order valence-corrected chi connectivity index (χ1v) is 12.3. The van der Waals surface area contributed by atoms with Crippen molar-refractivity contribution in [3.05, 3.63) is 69.4 Å². The van der Waals surface area contributed by atoms with Gasteiger partial charge in [-0.3, -0.25) is 9.78 Å². The number of anilines is 2. The summed E-state index contributed by atoms with van der Waals surface area (Å²) < 4.78 is 3.54. The van der Waals surface area contributed by atoms with E-state index in [2.05, 4.69) is 59.6 Å². The van der Waals surface area contributed by atoms with Crippen LogP contribution in [0.25, 0.3) is 16.7 Å². The van der Waals surface area contributed by atoms with E-state index in [1.807, 2.05) is 12.1 Å². The van der Waals surface area contributed by atoms with Crippen LogP contribution in [0.1, 0.15) is 62.0 Å². The van der Waals surface area contributed by atoms with Crippen LogP contribution in [0, 0.1) is 11.3 Å². The lowest BCUT2D eigenvalue weighted by atomic mass is 9.91. The normalized spacial score (nSPS) is 15.5. The van der Waals surface area contributed by atoms with E-state index in [9.17, 15) is 10.1 Å². The predicted octanol–water partition coefficient (Wildman–Crippen LogP) is 3.87. The fourth-order valence-electron chi connectivity index (χ4n) is 4.74. The first-order chi connectivity index (χ1) is 17.3. The molecule has 0 atom stereocenters. The fourth-order valence-corrected chi connectivity index (χ4v) is 4.74. The van der Waals surface area contributed by atoms with E-state index >= 15 is 0 Å². The molecule has 3 aromatic heterocycles. The Hall–Kier alpha value is -4.03. The van der Waals surface area contributed by atoms with Gasteiger partial charge in [0.25, 0.3) is 5.56 Å². The largest absolute Gasteiger partial charge is 0.324 e. The molecule has 182 valence electrons. The molecule has 0 unspecified atom stereocenters. The Labute approximate surface area is 208 Å². The van der Waals surface area contributed by atoms with Crippen LogP contribution < -0.4 is 16.2 Å². The second-order valence-corrected chi connectivity index (χ2v) is 10.6. The van der Waals surface area contributed by atoms with E-state index in [4.69, 9.17) is 4.98 Å². The summed E-state index contributed by atoms with van der Waals surface area (Å²) in [7, 11) is 0. The van der Waals surface area contributed by atoms with Crippen molar-refractivity contribution in [2.45, 2.75) is 58.0 Å². The molecular weight excluding hydrogens is 452 g/mol. The molecule has 6 rings (SSSR count). The molecular formula is C27H28N8O. The van der Waals surface area contributed by atoms with E-state index in [-0.39, 0.29) is 17.0 Å². The van der Waals surface area contributed by atoms with Gasteiger partial charge in [0.2, 0.25) is 5.95 Å². The van der Waals surface area contributed by atoms with Crippen molar-refractivity contribution in [2.24, 2.45) is 0 Å². The predicted molar refractivity (Wildman–Crippen MR) is 138 cm³/mol. The van der Waals surface area contributed by atoms with Gasteiger partial charge >= 0.3 is 0 Å². The van der Waals surface area contributed by atoms with Crippen molar-refractivity contribution in [3.8, 4) is 11.8 Å². The van der Waals surface area contributed by atoms with Gasteiger partial charge in [-0.05, 0) is 55.1 Å². The maximum Gasteiger partial charge on any atom is 0.278 e. The summed E-state index contributed by atoms with van der Waals surface area (Å²) in [6.07, 6.45) is 5.98. The van der Waals surface area contributed by atoms with Crippen LogP contribution >= 0.6 is 0 Å². The molecule has 1 aromatic carbocycles. The van der Waals surface area contributed by atoms with Gasteiger partial charge < -0.3 is 10.6 Å². The molecule has 4 heterocycles. The van der Waals surface area contributed by atoms with Crippen LogP contribution in [0.15, 0.2) is 41.5 Å². The molecule has 4 aromatic rings. The molecule has 0 bridgehead atoms. The average Bonchev–Trinajstić information content (AvgIpc) is 3.67. The molecule has 0 radical (unpaired) electrons. The second kappa shape index (κ2) is 8.28. The number of fused-ring (bicyclic) bond motifs is 2. The quantitative estimate of drug-likeness (QED) is 0.456. The van der Waals surface area contributed by atoms with Gasteiger partial charge in [-0.2, -0.15) is 10.2 Å². The lowest BCUT2D eigenvalue weighted by Crippen LogP contribution is -2.23. The highest BCUT2D eigenvalue weighted by Gasteiger charge is 2.32. The number of rotatable bonds is 4. The highest BCUT2D eigenvalue weighted by molar-refractivity contribution is 5.78. The zero-order chi connectivity index (χ0) is 25.0. The summed E-state index contributed by atoms with van der Waals surface area (Å²) >= 11 is 0. The monoisotopic (exact) mass is 480 g/mol. The van der Waals surface area contributed by atoms with Gasteiger partial charge in [-0.25, -0.2) is 14.3 Å². The SMILES string of the molecule is CC(C)(C)c1cc(-n2c3nc(Nc4ccc5c(c4)CCNC5)ncc3c(=O)n2C2CC2)c(C#N)cn1. The summed E-state index contributed by atoms with van der Waals surface area (Å²) in [5.74, 6) is 0.404. The Bertz CT molecular complexity index is 1600.